The Bertz CT molecular complexity index is 1070. The van der Waals surface area contributed by atoms with Crippen LogP contribution in [0.15, 0.2) is 67.0 Å². The Morgan fingerprint density at radius 2 is 1.94 bits per heavy atom. The van der Waals surface area contributed by atoms with E-state index in [1.165, 1.54) is 7.11 Å². The highest BCUT2D eigenvalue weighted by molar-refractivity contribution is 7.80. The second kappa shape index (κ2) is 9.93. The summed E-state index contributed by atoms with van der Waals surface area (Å²) >= 11 is 5.72. The van der Waals surface area contributed by atoms with Gasteiger partial charge in [0.05, 0.1) is 30.5 Å². The summed E-state index contributed by atoms with van der Waals surface area (Å²) in [5.74, 6) is -0.353. The van der Waals surface area contributed by atoms with Crippen molar-refractivity contribution < 1.29 is 14.3 Å². The molecule has 1 N–H and O–H groups in total. The predicted octanol–water partition coefficient (Wildman–Crippen LogP) is 3.67. The first-order valence-corrected chi connectivity index (χ1v) is 10.9. The fourth-order valence-corrected chi connectivity index (χ4v) is 4.43. The molecular weight excluding hydrogens is 424 g/mol. The highest BCUT2D eigenvalue weighted by Crippen LogP contribution is 2.39. The van der Waals surface area contributed by atoms with Gasteiger partial charge < -0.3 is 24.3 Å². The fourth-order valence-electron chi connectivity index (χ4n) is 4.09. The molecule has 32 heavy (non-hydrogen) atoms. The van der Waals surface area contributed by atoms with Gasteiger partial charge in [0.2, 0.25) is 0 Å². The standard InChI is InChI=1S/C24H26N4O3S/c1-30-16-6-15-28-22(21(26-24(28)32)19-7-3-4-13-25-19)20-8-5-14-27(20)18-11-9-17(10-12-18)23(29)31-2/h3-5,7-14,21-22H,6,15-16H2,1-2H3,(H,26,32)/t21-,22+/m0/s1. The van der Waals surface area contributed by atoms with E-state index in [1.54, 1.807) is 25.4 Å². The van der Waals surface area contributed by atoms with Crippen LogP contribution in [0.5, 0.6) is 0 Å². The molecule has 0 radical (unpaired) electrons. The van der Waals surface area contributed by atoms with Crippen LogP contribution in [0.1, 0.15) is 40.3 Å². The molecule has 1 fully saturated rings. The number of ether oxygens (including phenoxy) is 2. The number of esters is 1. The molecule has 4 rings (SSSR count). The number of carbonyl (C=O) groups is 1. The number of aromatic nitrogens is 2. The number of nitrogens with zero attached hydrogens (tertiary/aromatic N) is 3. The number of nitrogens with one attached hydrogen (secondary N) is 1. The summed E-state index contributed by atoms with van der Waals surface area (Å²) in [7, 11) is 3.09. The van der Waals surface area contributed by atoms with Crippen molar-refractivity contribution in [1.29, 1.82) is 0 Å². The summed E-state index contributed by atoms with van der Waals surface area (Å²) in [6.07, 6.45) is 4.68. The van der Waals surface area contributed by atoms with Crippen molar-refractivity contribution in [2.75, 3.05) is 27.4 Å². The number of benzene rings is 1. The van der Waals surface area contributed by atoms with E-state index in [4.69, 9.17) is 21.7 Å². The van der Waals surface area contributed by atoms with Crippen molar-refractivity contribution in [2.24, 2.45) is 0 Å². The van der Waals surface area contributed by atoms with Gasteiger partial charge in [0.1, 0.15) is 0 Å². The highest BCUT2D eigenvalue weighted by Gasteiger charge is 2.40. The molecule has 1 aliphatic rings. The quantitative estimate of drug-likeness (QED) is 0.319. The average Bonchev–Trinajstić information content (AvgIpc) is 3.44. The summed E-state index contributed by atoms with van der Waals surface area (Å²) < 4.78 is 12.2. The number of hydrogen-bond donors (Lipinski definition) is 1. The summed E-state index contributed by atoms with van der Waals surface area (Å²) in [5, 5.41) is 4.18. The van der Waals surface area contributed by atoms with Gasteiger partial charge in [-0.1, -0.05) is 6.07 Å². The third-order valence-electron chi connectivity index (χ3n) is 5.60. The van der Waals surface area contributed by atoms with Crippen molar-refractivity contribution in [3.05, 3.63) is 83.9 Å². The van der Waals surface area contributed by atoms with Gasteiger partial charge in [-0.2, -0.15) is 0 Å². The number of carbonyl (C=O) groups excluding carboxylic acids is 1. The predicted molar refractivity (Wildman–Crippen MR) is 126 cm³/mol. The zero-order valence-corrected chi connectivity index (χ0v) is 18.9. The number of pyridine rings is 1. The molecule has 3 heterocycles. The summed E-state index contributed by atoms with van der Waals surface area (Å²) in [5.41, 5.74) is 3.48. The van der Waals surface area contributed by atoms with Crippen LogP contribution >= 0.6 is 12.2 Å². The maximum Gasteiger partial charge on any atom is 0.337 e. The molecule has 1 aliphatic heterocycles. The highest BCUT2D eigenvalue weighted by atomic mass is 32.1. The largest absolute Gasteiger partial charge is 0.465 e. The first kappa shape index (κ1) is 22.0. The van der Waals surface area contributed by atoms with Crippen LogP contribution in [-0.4, -0.2) is 52.9 Å². The molecule has 2 aromatic heterocycles. The second-order valence-electron chi connectivity index (χ2n) is 7.51. The van der Waals surface area contributed by atoms with Crippen molar-refractivity contribution in [2.45, 2.75) is 18.5 Å². The molecule has 0 spiro atoms. The van der Waals surface area contributed by atoms with E-state index in [-0.39, 0.29) is 18.1 Å². The van der Waals surface area contributed by atoms with Crippen molar-refractivity contribution >= 4 is 23.3 Å². The van der Waals surface area contributed by atoms with Gasteiger partial charge in [-0.05, 0) is 67.2 Å². The van der Waals surface area contributed by atoms with Crippen molar-refractivity contribution in [1.82, 2.24) is 19.8 Å². The Kier molecular flexibility index (Phi) is 6.82. The lowest BCUT2D eigenvalue weighted by molar-refractivity contribution is 0.0600. The van der Waals surface area contributed by atoms with Crippen LogP contribution in [-0.2, 0) is 9.47 Å². The van der Waals surface area contributed by atoms with Crippen LogP contribution in [0, 0.1) is 0 Å². The molecule has 0 bridgehead atoms. The maximum atomic E-state index is 11.8. The maximum absolute atomic E-state index is 11.8. The van der Waals surface area contributed by atoms with E-state index in [9.17, 15) is 4.79 Å². The molecule has 0 amide bonds. The minimum atomic E-state index is -0.353. The molecule has 0 aliphatic carbocycles. The summed E-state index contributed by atoms with van der Waals surface area (Å²) in [6.45, 7) is 1.43. The minimum absolute atomic E-state index is 0.0514. The molecule has 3 aromatic rings. The van der Waals surface area contributed by atoms with Gasteiger partial charge in [-0.3, -0.25) is 4.98 Å². The molecule has 8 heteroatoms. The van der Waals surface area contributed by atoms with E-state index in [0.29, 0.717) is 17.3 Å². The molecule has 7 nitrogen and oxygen atoms in total. The lowest BCUT2D eigenvalue weighted by Crippen LogP contribution is -2.32. The first-order valence-electron chi connectivity index (χ1n) is 10.5. The van der Waals surface area contributed by atoms with E-state index < -0.39 is 0 Å². The number of hydrogen-bond acceptors (Lipinski definition) is 5. The van der Waals surface area contributed by atoms with E-state index in [1.807, 2.05) is 42.6 Å². The molecule has 166 valence electrons. The summed E-state index contributed by atoms with van der Waals surface area (Å²) in [6, 6.07) is 17.3. The normalized spacial score (nSPS) is 17.9. The SMILES string of the molecule is COCCCN1C(=S)N[C@@H](c2ccccn2)[C@H]1c1cccn1-c1ccc(C(=O)OC)cc1. The topological polar surface area (TPSA) is 68.6 Å². The van der Waals surface area contributed by atoms with Gasteiger partial charge >= 0.3 is 5.97 Å². The minimum Gasteiger partial charge on any atom is -0.465 e. The zero-order chi connectivity index (χ0) is 22.5. The smallest absolute Gasteiger partial charge is 0.337 e. The molecule has 2 atom stereocenters. The van der Waals surface area contributed by atoms with E-state index in [0.717, 1.165) is 30.0 Å². The van der Waals surface area contributed by atoms with Crippen LogP contribution in [0.4, 0.5) is 0 Å². The van der Waals surface area contributed by atoms with Crippen LogP contribution in [0.2, 0.25) is 0 Å². The first-order chi connectivity index (χ1) is 15.6. The van der Waals surface area contributed by atoms with Crippen LogP contribution in [0.25, 0.3) is 5.69 Å². The monoisotopic (exact) mass is 450 g/mol. The van der Waals surface area contributed by atoms with E-state index in [2.05, 4.69) is 25.8 Å². The molecular formula is C24H26N4O3S. The average molecular weight is 451 g/mol. The lowest BCUT2D eigenvalue weighted by atomic mass is 10.0. The molecule has 1 saturated heterocycles. The fraction of sp³-hybridized carbons (Fsp3) is 0.292. The Morgan fingerprint density at radius 1 is 1.12 bits per heavy atom. The third kappa shape index (κ3) is 4.37. The van der Waals surface area contributed by atoms with Gasteiger partial charge in [0, 0.05) is 44.0 Å². The Morgan fingerprint density at radius 3 is 2.62 bits per heavy atom. The molecule has 1 aromatic carbocycles. The second-order valence-corrected chi connectivity index (χ2v) is 7.89. The molecule has 0 saturated carbocycles. The zero-order valence-electron chi connectivity index (χ0n) is 18.1. The van der Waals surface area contributed by atoms with Crippen molar-refractivity contribution in [3.8, 4) is 5.69 Å². The van der Waals surface area contributed by atoms with Gasteiger partial charge in [0.15, 0.2) is 5.11 Å². The third-order valence-corrected chi connectivity index (χ3v) is 5.95. The Labute approximate surface area is 193 Å². The van der Waals surface area contributed by atoms with Crippen molar-refractivity contribution in [3.63, 3.8) is 0 Å². The van der Waals surface area contributed by atoms with Crippen LogP contribution < -0.4 is 5.32 Å². The number of thiocarbonyl (C=S) groups is 1. The summed E-state index contributed by atoms with van der Waals surface area (Å²) in [4.78, 5) is 18.6. The Hall–Kier alpha value is -3.23. The van der Waals surface area contributed by atoms with Gasteiger partial charge in [-0.25, -0.2) is 4.79 Å². The van der Waals surface area contributed by atoms with Crippen LogP contribution in [0.3, 0.4) is 0 Å². The van der Waals surface area contributed by atoms with E-state index >= 15 is 0 Å². The van der Waals surface area contributed by atoms with Gasteiger partial charge in [-0.15, -0.1) is 0 Å². The number of rotatable bonds is 8. The Balaban J connectivity index is 1.72. The molecule has 0 unspecified atom stereocenters. The van der Waals surface area contributed by atoms with Gasteiger partial charge in [0.25, 0.3) is 0 Å². The lowest BCUT2D eigenvalue weighted by Gasteiger charge is -2.29. The number of methoxy groups -OCH3 is 2.